The monoisotopic (exact) mass is 600 g/mol. The summed E-state index contributed by atoms with van der Waals surface area (Å²) in [6.45, 7) is 2.06. The first-order chi connectivity index (χ1) is 22.5. The fourth-order valence-electron chi connectivity index (χ4n) is 6.09. The highest BCUT2D eigenvalue weighted by Gasteiger charge is 2.19. The van der Waals surface area contributed by atoms with Crippen LogP contribution in [0.3, 0.4) is 0 Å². The van der Waals surface area contributed by atoms with Crippen molar-refractivity contribution >= 4 is 21.8 Å². The normalized spacial score (nSPS) is 11.4. The SMILES string of the molecule is Cc1ccc2c3ccccc3n(-c3cc(-c4nc(-c5ccccc5)nc(-c5ccccc5)n4)ccc3-c3cc(F)cc(F)c3)c2c1. The molecule has 0 bridgehead atoms. The summed E-state index contributed by atoms with van der Waals surface area (Å²) in [5.41, 5.74) is 7.40. The lowest BCUT2D eigenvalue weighted by atomic mass is 10.00. The third-order valence-electron chi connectivity index (χ3n) is 8.20. The molecule has 4 nitrogen and oxygen atoms in total. The zero-order valence-corrected chi connectivity index (χ0v) is 24.8. The van der Waals surface area contributed by atoms with Crippen LogP contribution in [0, 0.1) is 18.6 Å². The van der Waals surface area contributed by atoms with Crippen molar-refractivity contribution in [1.82, 2.24) is 19.5 Å². The molecule has 2 aromatic heterocycles. The predicted octanol–water partition coefficient (Wildman–Crippen LogP) is 10.2. The number of rotatable bonds is 5. The largest absolute Gasteiger partial charge is 0.309 e. The molecule has 0 aliphatic carbocycles. The van der Waals surface area contributed by atoms with Gasteiger partial charge in [-0.25, -0.2) is 23.7 Å². The van der Waals surface area contributed by atoms with E-state index in [2.05, 4.69) is 41.8 Å². The molecule has 8 rings (SSSR count). The van der Waals surface area contributed by atoms with Gasteiger partial charge in [-0.05, 0) is 48.4 Å². The van der Waals surface area contributed by atoms with E-state index in [0.29, 0.717) is 28.6 Å². The molecule has 46 heavy (non-hydrogen) atoms. The molecule has 0 unspecified atom stereocenters. The highest BCUT2D eigenvalue weighted by atomic mass is 19.1. The number of fused-ring (bicyclic) bond motifs is 3. The fraction of sp³-hybridized carbons (Fsp3) is 0.0250. The molecular weight excluding hydrogens is 574 g/mol. The van der Waals surface area contributed by atoms with Crippen molar-refractivity contribution in [1.29, 1.82) is 0 Å². The molecule has 0 N–H and O–H groups in total. The van der Waals surface area contributed by atoms with Gasteiger partial charge in [-0.2, -0.15) is 0 Å². The van der Waals surface area contributed by atoms with Crippen molar-refractivity contribution in [2.45, 2.75) is 6.92 Å². The van der Waals surface area contributed by atoms with Crippen molar-refractivity contribution in [3.8, 4) is 51.0 Å². The third-order valence-corrected chi connectivity index (χ3v) is 8.20. The van der Waals surface area contributed by atoms with Gasteiger partial charge in [0.1, 0.15) is 11.6 Å². The lowest BCUT2D eigenvalue weighted by Gasteiger charge is -2.16. The topological polar surface area (TPSA) is 43.6 Å². The predicted molar refractivity (Wildman–Crippen MR) is 181 cm³/mol. The van der Waals surface area contributed by atoms with Gasteiger partial charge in [-0.3, -0.25) is 0 Å². The summed E-state index contributed by atoms with van der Waals surface area (Å²) >= 11 is 0. The number of benzene rings is 6. The summed E-state index contributed by atoms with van der Waals surface area (Å²) < 4.78 is 31.4. The van der Waals surface area contributed by atoms with Crippen LogP contribution < -0.4 is 0 Å². The van der Waals surface area contributed by atoms with Crippen LogP contribution in [0.25, 0.3) is 72.8 Å². The Morgan fingerprint density at radius 1 is 0.457 bits per heavy atom. The molecular formula is C40H26F2N4. The van der Waals surface area contributed by atoms with E-state index in [1.54, 1.807) is 0 Å². The summed E-state index contributed by atoms with van der Waals surface area (Å²) in [5.74, 6) is 0.313. The molecule has 0 saturated carbocycles. The average molecular weight is 601 g/mol. The quantitative estimate of drug-likeness (QED) is 0.197. The van der Waals surface area contributed by atoms with Gasteiger partial charge < -0.3 is 4.57 Å². The van der Waals surface area contributed by atoms with Crippen LogP contribution in [0.5, 0.6) is 0 Å². The van der Waals surface area contributed by atoms with E-state index in [-0.39, 0.29) is 0 Å². The smallest absolute Gasteiger partial charge is 0.164 e. The maximum absolute atomic E-state index is 14.6. The van der Waals surface area contributed by atoms with E-state index < -0.39 is 11.6 Å². The van der Waals surface area contributed by atoms with E-state index >= 15 is 0 Å². The van der Waals surface area contributed by atoms with Gasteiger partial charge in [0.2, 0.25) is 0 Å². The molecule has 0 spiro atoms. The first kappa shape index (κ1) is 27.5. The molecule has 0 fully saturated rings. The van der Waals surface area contributed by atoms with Gasteiger partial charge >= 0.3 is 0 Å². The highest BCUT2D eigenvalue weighted by molar-refractivity contribution is 6.10. The minimum absolute atomic E-state index is 0.434. The van der Waals surface area contributed by atoms with E-state index in [9.17, 15) is 8.78 Å². The zero-order valence-electron chi connectivity index (χ0n) is 24.8. The van der Waals surface area contributed by atoms with Crippen molar-refractivity contribution in [3.05, 3.63) is 157 Å². The minimum Gasteiger partial charge on any atom is -0.309 e. The second-order valence-corrected chi connectivity index (χ2v) is 11.3. The van der Waals surface area contributed by atoms with Gasteiger partial charge in [0.15, 0.2) is 17.5 Å². The first-order valence-electron chi connectivity index (χ1n) is 15.0. The highest BCUT2D eigenvalue weighted by Crippen LogP contribution is 2.39. The Bertz CT molecular complexity index is 2320. The number of aromatic nitrogens is 4. The van der Waals surface area contributed by atoms with Crippen molar-refractivity contribution in [3.63, 3.8) is 0 Å². The molecule has 0 amide bonds. The summed E-state index contributed by atoms with van der Waals surface area (Å²) in [7, 11) is 0. The van der Waals surface area contributed by atoms with Gasteiger partial charge in [-0.1, -0.05) is 103 Å². The van der Waals surface area contributed by atoms with Crippen LogP contribution in [-0.4, -0.2) is 19.5 Å². The number of para-hydroxylation sites is 1. The molecule has 0 aliphatic rings. The summed E-state index contributed by atoms with van der Waals surface area (Å²) in [4.78, 5) is 14.7. The summed E-state index contributed by atoms with van der Waals surface area (Å²) in [5, 5.41) is 2.16. The molecule has 0 atom stereocenters. The maximum Gasteiger partial charge on any atom is 0.164 e. The molecule has 6 heteroatoms. The summed E-state index contributed by atoms with van der Waals surface area (Å²) in [6, 6.07) is 43.6. The Labute approximate surface area is 264 Å². The average Bonchev–Trinajstić information content (AvgIpc) is 3.41. The van der Waals surface area contributed by atoms with Crippen LogP contribution in [0.2, 0.25) is 0 Å². The Morgan fingerprint density at radius 3 is 1.67 bits per heavy atom. The minimum atomic E-state index is -0.638. The molecule has 0 saturated heterocycles. The first-order valence-corrected chi connectivity index (χ1v) is 15.0. The lowest BCUT2D eigenvalue weighted by Crippen LogP contribution is -2.02. The number of hydrogen-bond donors (Lipinski definition) is 0. The lowest BCUT2D eigenvalue weighted by molar-refractivity contribution is 0.584. The number of aryl methyl sites for hydroxylation is 1. The van der Waals surface area contributed by atoms with Crippen LogP contribution in [0.15, 0.2) is 140 Å². The van der Waals surface area contributed by atoms with E-state index in [1.165, 1.54) is 12.1 Å². The van der Waals surface area contributed by atoms with Crippen LogP contribution in [0.1, 0.15) is 5.56 Å². The Hall–Kier alpha value is -6.01. The second-order valence-electron chi connectivity index (χ2n) is 11.3. The van der Waals surface area contributed by atoms with Crippen LogP contribution >= 0.6 is 0 Å². The van der Waals surface area contributed by atoms with E-state index in [0.717, 1.165) is 55.8 Å². The molecule has 0 radical (unpaired) electrons. The van der Waals surface area contributed by atoms with Gasteiger partial charge in [0.25, 0.3) is 0 Å². The van der Waals surface area contributed by atoms with Crippen molar-refractivity contribution < 1.29 is 8.78 Å². The number of nitrogens with zero attached hydrogens (tertiary/aromatic N) is 4. The van der Waals surface area contributed by atoms with Crippen molar-refractivity contribution in [2.75, 3.05) is 0 Å². The zero-order chi connectivity index (χ0) is 31.2. The van der Waals surface area contributed by atoms with Crippen LogP contribution in [0.4, 0.5) is 8.78 Å². The van der Waals surface area contributed by atoms with E-state index in [1.807, 2.05) is 91.0 Å². The van der Waals surface area contributed by atoms with Gasteiger partial charge in [0.05, 0.1) is 16.7 Å². The van der Waals surface area contributed by atoms with E-state index in [4.69, 9.17) is 15.0 Å². The molecule has 6 aromatic carbocycles. The van der Waals surface area contributed by atoms with Gasteiger partial charge in [0, 0.05) is 39.1 Å². The van der Waals surface area contributed by atoms with Crippen molar-refractivity contribution in [2.24, 2.45) is 0 Å². The molecule has 220 valence electrons. The standard InChI is InChI=1S/C40H26F2N4/c1-25-16-18-34-33-14-8-9-15-35(33)46(36(34)20-25)37-23-28(17-19-32(37)29-21-30(41)24-31(42)22-29)40-44-38(26-10-4-2-5-11-26)43-39(45-40)27-12-6-3-7-13-27/h2-24H,1H3. The summed E-state index contributed by atoms with van der Waals surface area (Å²) in [6.07, 6.45) is 0. The van der Waals surface area contributed by atoms with Gasteiger partial charge in [-0.15, -0.1) is 0 Å². The Balaban J connectivity index is 1.43. The maximum atomic E-state index is 14.6. The third kappa shape index (κ3) is 4.90. The molecule has 2 heterocycles. The number of halogens is 2. The Morgan fingerprint density at radius 2 is 1.02 bits per heavy atom. The van der Waals surface area contributed by atoms with Crippen LogP contribution in [-0.2, 0) is 0 Å². The number of hydrogen-bond acceptors (Lipinski definition) is 3. The fourth-order valence-corrected chi connectivity index (χ4v) is 6.09. The molecule has 8 aromatic rings. The Kier molecular flexibility index (Phi) is 6.68. The molecule has 0 aliphatic heterocycles. The second kappa shape index (κ2) is 11.2.